The Morgan fingerprint density at radius 3 is 2.35 bits per heavy atom. The second-order valence-corrected chi connectivity index (χ2v) is 6.20. The first-order valence-corrected chi connectivity index (χ1v) is 8.11. The summed E-state index contributed by atoms with van der Waals surface area (Å²) in [5.41, 5.74) is 2.12. The van der Waals surface area contributed by atoms with E-state index in [1.54, 1.807) is 19.5 Å². The van der Waals surface area contributed by atoms with Crippen LogP contribution in [0.3, 0.4) is 0 Å². The Morgan fingerprint density at radius 2 is 1.78 bits per heavy atom. The number of anilines is 1. The second-order valence-electron chi connectivity index (χ2n) is 5.79. The number of pyridine rings is 1. The lowest BCUT2D eigenvalue weighted by molar-refractivity contribution is 0.414. The summed E-state index contributed by atoms with van der Waals surface area (Å²) >= 11 is 5.45. The number of nitrogens with one attached hydrogen (secondary N) is 2. The van der Waals surface area contributed by atoms with Gasteiger partial charge in [0.05, 0.1) is 13.2 Å². The SMILES string of the molecule is COc1ccc(C(CC(C)C)NC(=S)Nc2ccncc2)cc1. The maximum Gasteiger partial charge on any atom is 0.171 e. The van der Waals surface area contributed by atoms with Gasteiger partial charge in [0, 0.05) is 18.1 Å². The van der Waals surface area contributed by atoms with Gasteiger partial charge in [-0.1, -0.05) is 26.0 Å². The standard InChI is InChI=1S/C18H23N3OS/c1-13(2)12-17(14-4-6-16(22-3)7-5-14)21-18(23)20-15-8-10-19-11-9-15/h4-11,13,17H,12H2,1-3H3,(H2,19,20,21,23). The summed E-state index contributed by atoms with van der Waals surface area (Å²) in [7, 11) is 1.67. The Bertz CT molecular complexity index is 614. The molecule has 122 valence electrons. The first-order chi connectivity index (χ1) is 11.1. The molecule has 1 aromatic carbocycles. The van der Waals surface area contributed by atoms with Crippen LogP contribution in [-0.2, 0) is 0 Å². The van der Waals surface area contributed by atoms with Crippen LogP contribution in [-0.4, -0.2) is 17.2 Å². The highest BCUT2D eigenvalue weighted by atomic mass is 32.1. The predicted molar refractivity (Wildman–Crippen MR) is 98.8 cm³/mol. The number of thiocarbonyl (C=S) groups is 1. The van der Waals surface area contributed by atoms with Gasteiger partial charge >= 0.3 is 0 Å². The molecule has 0 aliphatic carbocycles. The van der Waals surface area contributed by atoms with E-state index in [1.807, 2.05) is 24.3 Å². The van der Waals surface area contributed by atoms with Crippen LogP contribution >= 0.6 is 12.2 Å². The lowest BCUT2D eigenvalue weighted by Gasteiger charge is -2.23. The highest BCUT2D eigenvalue weighted by molar-refractivity contribution is 7.80. The van der Waals surface area contributed by atoms with Crippen molar-refractivity contribution < 1.29 is 4.74 Å². The number of hydrogen-bond donors (Lipinski definition) is 2. The predicted octanol–water partition coefficient (Wildman–Crippen LogP) is 4.16. The van der Waals surface area contributed by atoms with Crippen molar-refractivity contribution in [2.24, 2.45) is 5.92 Å². The average molecular weight is 329 g/mol. The van der Waals surface area contributed by atoms with E-state index in [0.29, 0.717) is 11.0 Å². The van der Waals surface area contributed by atoms with Crippen molar-refractivity contribution in [3.63, 3.8) is 0 Å². The molecule has 23 heavy (non-hydrogen) atoms. The second kappa shape index (κ2) is 8.48. The fraction of sp³-hybridized carbons (Fsp3) is 0.333. The zero-order valence-electron chi connectivity index (χ0n) is 13.7. The first-order valence-electron chi connectivity index (χ1n) is 7.70. The lowest BCUT2D eigenvalue weighted by atomic mass is 9.97. The van der Waals surface area contributed by atoms with Crippen molar-refractivity contribution >= 4 is 23.0 Å². The van der Waals surface area contributed by atoms with Crippen LogP contribution in [0.1, 0.15) is 31.9 Å². The third kappa shape index (κ3) is 5.53. The van der Waals surface area contributed by atoms with Crippen molar-refractivity contribution in [2.45, 2.75) is 26.3 Å². The van der Waals surface area contributed by atoms with Crippen molar-refractivity contribution in [2.75, 3.05) is 12.4 Å². The first kappa shape index (κ1) is 17.2. The molecule has 0 amide bonds. The third-order valence-corrected chi connectivity index (χ3v) is 3.69. The normalized spacial score (nSPS) is 11.8. The number of ether oxygens (including phenoxy) is 1. The third-order valence-electron chi connectivity index (χ3n) is 3.47. The Balaban J connectivity index is 2.06. The van der Waals surface area contributed by atoms with Crippen molar-refractivity contribution in [1.29, 1.82) is 0 Å². The van der Waals surface area contributed by atoms with Gasteiger partial charge in [0.15, 0.2) is 5.11 Å². The van der Waals surface area contributed by atoms with Gasteiger partial charge in [-0.05, 0) is 54.4 Å². The molecule has 5 heteroatoms. The topological polar surface area (TPSA) is 46.2 Å². The highest BCUT2D eigenvalue weighted by Gasteiger charge is 2.15. The van der Waals surface area contributed by atoms with E-state index in [2.05, 4.69) is 41.6 Å². The molecule has 1 heterocycles. The molecule has 0 aliphatic heterocycles. The van der Waals surface area contributed by atoms with Gasteiger partial charge in [0.1, 0.15) is 5.75 Å². The molecule has 0 fully saturated rings. The lowest BCUT2D eigenvalue weighted by Crippen LogP contribution is -2.33. The molecule has 2 N–H and O–H groups in total. The minimum atomic E-state index is 0.155. The van der Waals surface area contributed by atoms with Crippen molar-refractivity contribution in [3.8, 4) is 5.75 Å². The largest absolute Gasteiger partial charge is 0.497 e. The van der Waals surface area contributed by atoms with E-state index in [9.17, 15) is 0 Å². The summed E-state index contributed by atoms with van der Waals surface area (Å²) < 4.78 is 5.23. The van der Waals surface area contributed by atoms with Gasteiger partial charge in [0.25, 0.3) is 0 Å². The maximum absolute atomic E-state index is 5.45. The van der Waals surface area contributed by atoms with E-state index in [1.165, 1.54) is 5.56 Å². The minimum Gasteiger partial charge on any atom is -0.497 e. The summed E-state index contributed by atoms with van der Waals surface area (Å²) in [5, 5.41) is 7.21. The van der Waals surface area contributed by atoms with Gasteiger partial charge in [-0.2, -0.15) is 0 Å². The smallest absolute Gasteiger partial charge is 0.171 e. The van der Waals surface area contributed by atoms with Crippen molar-refractivity contribution in [1.82, 2.24) is 10.3 Å². The minimum absolute atomic E-state index is 0.155. The van der Waals surface area contributed by atoms with Crippen LogP contribution in [0.2, 0.25) is 0 Å². The number of rotatable bonds is 6. The number of benzene rings is 1. The van der Waals surface area contributed by atoms with Gasteiger partial charge in [0.2, 0.25) is 0 Å². The van der Waals surface area contributed by atoms with Gasteiger partial charge in [-0.25, -0.2) is 0 Å². The van der Waals surface area contributed by atoms with Gasteiger partial charge in [-0.3, -0.25) is 4.98 Å². The fourth-order valence-electron chi connectivity index (χ4n) is 2.35. The Labute approximate surface area is 143 Å². The number of aromatic nitrogens is 1. The zero-order chi connectivity index (χ0) is 16.7. The Morgan fingerprint density at radius 1 is 1.13 bits per heavy atom. The monoisotopic (exact) mass is 329 g/mol. The molecule has 0 radical (unpaired) electrons. The molecule has 1 atom stereocenters. The molecule has 4 nitrogen and oxygen atoms in total. The molecule has 2 rings (SSSR count). The van der Waals surface area contributed by atoms with Crippen LogP contribution in [0.5, 0.6) is 5.75 Å². The Hall–Kier alpha value is -2.14. The van der Waals surface area contributed by atoms with E-state index in [-0.39, 0.29) is 6.04 Å². The zero-order valence-corrected chi connectivity index (χ0v) is 14.6. The van der Waals surface area contributed by atoms with Crippen LogP contribution in [0.25, 0.3) is 0 Å². The van der Waals surface area contributed by atoms with Crippen LogP contribution < -0.4 is 15.4 Å². The van der Waals surface area contributed by atoms with Crippen LogP contribution in [0, 0.1) is 5.92 Å². The highest BCUT2D eigenvalue weighted by Crippen LogP contribution is 2.23. The quantitative estimate of drug-likeness (QED) is 0.779. The van der Waals surface area contributed by atoms with Gasteiger partial charge in [-0.15, -0.1) is 0 Å². The fourth-order valence-corrected chi connectivity index (χ4v) is 2.61. The Kier molecular flexibility index (Phi) is 6.35. The molecule has 0 spiro atoms. The average Bonchev–Trinajstić information content (AvgIpc) is 2.55. The maximum atomic E-state index is 5.45. The molecular formula is C18H23N3OS. The number of nitrogens with zero attached hydrogens (tertiary/aromatic N) is 1. The molecule has 1 aromatic heterocycles. The number of methoxy groups -OCH3 is 1. The summed E-state index contributed by atoms with van der Waals surface area (Å²) in [5.74, 6) is 1.41. The molecule has 0 bridgehead atoms. The van der Waals surface area contributed by atoms with Crippen molar-refractivity contribution in [3.05, 3.63) is 54.4 Å². The van der Waals surface area contributed by atoms with E-state index < -0.39 is 0 Å². The van der Waals surface area contributed by atoms with Crippen LogP contribution in [0.4, 0.5) is 5.69 Å². The van der Waals surface area contributed by atoms with E-state index >= 15 is 0 Å². The molecule has 0 aliphatic rings. The molecule has 2 aromatic rings. The molecule has 0 saturated heterocycles. The van der Waals surface area contributed by atoms with E-state index in [4.69, 9.17) is 17.0 Å². The summed E-state index contributed by atoms with van der Waals surface area (Å²) in [6.45, 7) is 4.41. The van der Waals surface area contributed by atoms with Crippen LogP contribution in [0.15, 0.2) is 48.8 Å². The summed E-state index contributed by atoms with van der Waals surface area (Å²) in [4.78, 5) is 4.00. The van der Waals surface area contributed by atoms with E-state index in [0.717, 1.165) is 17.9 Å². The summed E-state index contributed by atoms with van der Waals surface area (Å²) in [6, 6.07) is 12.0. The van der Waals surface area contributed by atoms with Gasteiger partial charge < -0.3 is 15.4 Å². The summed E-state index contributed by atoms with van der Waals surface area (Å²) in [6.07, 6.45) is 4.46. The molecule has 0 saturated carbocycles. The number of hydrogen-bond acceptors (Lipinski definition) is 3. The molecular weight excluding hydrogens is 306 g/mol. The molecule has 1 unspecified atom stereocenters.